The first-order chi connectivity index (χ1) is 14.8. The van der Waals surface area contributed by atoms with Crippen molar-refractivity contribution >= 4 is 22.7 Å². The van der Waals surface area contributed by atoms with E-state index in [1.807, 2.05) is 60.7 Å². The number of aliphatic hydroxyl groups excluding tert-OH is 1. The molecule has 0 aromatic heterocycles. The monoisotopic (exact) mass is 400 g/mol. The van der Waals surface area contributed by atoms with Crippen molar-refractivity contribution in [2.45, 2.75) is 39.0 Å². The lowest BCUT2D eigenvalue weighted by Crippen LogP contribution is -1.88. The van der Waals surface area contributed by atoms with Crippen molar-refractivity contribution in [1.29, 1.82) is 0 Å². The zero-order valence-corrected chi connectivity index (χ0v) is 17.4. The SMILES string of the molecule is CCCCc1ccc(N=Nc2ccc(N=Nc3ccc(CCCO)cc3)cc2)cc1. The average Bonchev–Trinajstić information content (AvgIpc) is 2.80. The van der Waals surface area contributed by atoms with E-state index in [4.69, 9.17) is 5.11 Å². The van der Waals surface area contributed by atoms with Crippen LogP contribution in [0, 0.1) is 0 Å². The van der Waals surface area contributed by atoms with Crippen LogP contribution in [0.1, 0.15) is 37.3 Å². The number of aryl methyl sites for hydroxylation is 2. The molecular weight excluding hydrogens is 372 g/mol. The highest BCUT2D eigenvalue weighted by Gasteiger charge is 1.97. The minimum Gasteiger partial charge on any atom is -0.396 e. The molecule has 0 heterocycles. The van der Waals surface area contributed by atoms with Crippen LogP contribution >= 0.6 is 0 Å². The second-order valence-corrected chi connectivity index (χ2v) is 7.18. The van der Waals surface area contributed by atoms with Crippen LogP contribution in [0.25, 0.3) is 0 Å². The minimum absolute atomic E-state index is 0.211. The van der Waals surface area contributed by atoms with E-state index >= 15 is 0 Å². The summed E-state index contributed by atoms with van der Waals surface area (Å²) in [7, 11) is 0. The number of unbranched alkanes of at least 4 members (excludes halogenated alkanes) is 1. The van der Waals surface area contributed by atoms with Crippen molar-refractivity contribution < 1.29 is 5.11 Å². The molecule has 5 heteroatoms. The molecule has 0 saturated carbocycles. The summed E-state index contributed by atoms with van der Waals surface area (Å²) in [6.45, 7) is 2.41. The van der Waals surface area contributed by atoms with Crippen molar-refractivity contribution in [2.75, 3.05) is 6.61 Å². The second kappa shape index (κ2) is 11.7. The van der Waals surface area contributed by atoms with Crippen molar-refractivity contribution in [3.8, 4) is 0 Å². The first kappa shape index (κ1) is 21.5. The van der Waals surface area contributed by atoms with E-state index in [0.717, 1.165) is 42.0 Å². The van der Waals surface area contributed by atoms with Crippen LogP contribution in [-0.2, 0) is 12.8 Å². The van der Waals surface area contributed by atoms with Crippen molar-refractivity contribution in [3.63, 3.8) is 0 Å². The van der Waals surface area contributed by atoms with E-state index in [9.17, 15) is 0 Å². The van der Waals surface area contributed by atoms with Gasteiger partial charge in [0.25, 0.3) is 0 Å². The van der Waals surface area contributed by atoms with Gasteiger partial charge in [0.05, 0.1) is 22.7 Å². The molecule has 0 fully saturated rings. The van der Waals surface area contributed by atoms with Crippen LogP contribution in [0.15, 0.2) is 93.3 Å². The van der Waals surface area contributed by atoms with Crippen LogP contribution in [0.3, 0.4) is 0 Å². The molecule has 30 heavy (non-hydrogen) atoms. The number of rotatable bonds is 10. The molecular formula is C25H28N4O. The Labute approximate surface area is 178 Å². The normalized spacial score (nSPS) is 11.5. The van der Waals surface area contributed by atoms with Gasteiger partial charge in [0, 0.05) is 6.61 Å². The van der Waals surface area contributed by atoms with Gasteiger partial charge >= 0.3 is 0 Å². The summed E-state index contributed by atoms with van der Waals surface area (Å²) in [5.74, 6) is 0. The molecule has 154 valence electrons. The smallest absolute Gasteiger partial charge is 0.0858 e. The van der Waals surface area contributed by atoms with E-state index in [1.165, 1.54) is 24.0 Å². The summed E-state index contributed by atoms with van der Waals surface area (Å²) >= 11 is 0. The van der Waals surface area contributed by atoms with Gasteiger partial charge in [-0.15, -0.1) is 0 Å². The van der Waals surface area contributed by atoms with Gasteiger partial charge in [-0.2, -0.15) is 20.5 Å². The van der Waals surface area contributed by atoms with Crippen LogP contribution in [0.5, 0.6) is 0 Å². The maximum Gasteiger partial charge on any atom is 0.0858 e. The van der Waals surface area contributed by atoms with E-state index in [1.54, 1.807) is 0 Å². The second-order valence-electron chi connectivity index (χ2n) is 7.18. The predicted octanol–water partition coefficient (Wildman–Crippen LogP) is 7.78. The first-order valence-corrected chi connectivity index (χ1v) is 10.5. The highest BCUT2D eigenvalue weighted by molar-refractivity contribution is 5.48. The van der Waals surface area contributed by atoms with Crippen LogP contribution < -0.4 is 0 Å². The predicted molar refractivity (Wildman–Crippen MR) is 122 cm³/mol. The molecule has 0 atom stereocenters. The first-order valence-electron chi connectivity index (χ1n) is 10.5. The Balaban J connectivity index is 1.55. The van der Waals surface area contributed by atoms with Crippen molar-refractivity contribution in [3.05, 3.63) is 83.9 Å². The van der Waals surface area contributed by atoms with Gasteiger partial charge in [0.15, 0.2) is 0 Å². The van der Waals surface area contributed by atoms with Crippen LogP contribution in [0.2, 0.25) is 0 Å². The van der Waals surface area contributed by atoms with Gasteiger partial charge in [-0.3, -0.25) is 0 Å². The molecule has 1 N–H and O–H groups in total. The third-order valence-corrected chi connectivity index (χ3v) is 4.73. The molecule has 3 rings (SSSR count). The highest BCUT2D eigenvalue weighted by Crippen LogP contribution is 2.24. The van der Waals surface area contributed by atoms with E-state index in [2.05, 4.69) is 39.5 Å². The van der Waals surface area contributed by atoms with Gasteiger partial charge < -0.3 is 5.11 Å². The Morgan fingerprint density at radius 3 is 1.20 bits per heavy atom. The Morgan fingerprint density at radius 1 is 0.533 bits per heavy atom. The van der Waals surface area contributed by atoms with E-state index in [0.29, 0.717) is 0 Å². The van der Waals surface area contributed by atoms with Crippen molar-refractivity contribution in [2.24, 2.45) is 20.5 Å². The minimum atomic E-state index is 0.211. The number of nitrogens with zero attached hydrogens (tertiary/aromatic N) is 4. The lowest BCUT2D eigenvalue weighted by molar-refractivity contribution is 0.288. The Bertz CT molecular complexity index is 865. The third kappa shape index (κ3) is 7.01. The quantitative estimate of drug-likeness (QED) is 0.347. The molecule has 0 aliphatic carbocycles. The maximum absolute atomic E-state index is 8.89. The molecule has 0 unspecified atom stereocenters. The topological polar surface area (TPSA) is 69.7 Å². The number of aliphatic hydroxyl groups is 1. The zero-order chi connectivity index (χ0) is 21.0. The standard InChI is InChI=1S/C25H28N4O/c1-2-3-5-20-7-11-22(12-8-20)26-28-24-15-17-25(18-16-24)29-27-23-13-9-21(10-14-23)6-4-19-30/h7-18,30H,2-6,19H2,1H3. The largest absolute Gasteiger partial charge is 0.396 e. The van der Waals surface area contributed by atoms with Crippen LogP contribution in [-0.4, -0.2) is 11.7 Å². The maximum atomic E-state index is 8.89. The molecule has 3 aromatic carbocycles. The van der Waals surface area contributed by atoms with Gasteiger partial charge in [-0.1, -0.05) is 37.6 Å². The van der Waals surface area contributed by atoms with Crippen LogP contribution in [0.4, 0.5) is 22.7 Å². The number of hydrogen-bond donors (Lipinski definition) is 1. The lowest BCUT2D eigenvalue weighted by atomic mass is 10.1. The van der Waals surface area contributed by atoms with Gasteiger partial charge in [0.1, 0.15) is 0 Å². The number of benzene rings is 3. The lowest BCUT2D eigenvalue weighted by Gasteiger charge is -2.00. The molecule has 0 aliphatic rings. The summed E-state index contributed by atoms with van der Waals surface area (Å²) in [6, 6.07) is 23.7. The average molecular weight is 401 g/mol. The molecule has 5 nitrogen and oxygen atoms in total. The number of hydrogen-bond acceptors (Lipinski definition) is 5. The molecule has 0 aliphatic heterocycles. The van der Waals surface area contributed by atoms with Crippen molar-refractivity contribution in [1.82, 2.24) is 0 Å². The molecule has 3 aromatic rings. The molecule has 0 bridgehead atoms. The summed E-state index contributed by atoms with van der Waals surface area (Å²) in [4.78, 5) is 0. The molecule has 0 amide bonds. The third-order valence-electron chi connectivity index (χ3n) is 4.73. The summed E-state index contributed by atoms with van der Waals surface area (Å²) in [5, 5.41) is 26.0. The fourth-order valence-corrected chi connectivity index (χ4v) is 2.94. The fraction of sp³-hybridized carbons (Fsp3) is 0.280. The van der Waals surface area contributed by atoms with Gasteiger partial charge in [-0.05, 0) is 85.3 Å². The van der Waals surface area contributed by atoms with E-state index < -0.39 is 0 Å². The van der Waals surface area contributed by atoms with Gasteiger partial charge in [-0.25, -0.2) is 0 Å². The molecule has 0 spiro atoms. The Kier molecular flexibility index (Phi) is 8.42. The Morgan fingerprint density at radius 2 is 0.867 bits per heavy atom. The summed E-state index contributed by atoms with van der Waals surface area (Å²) in [6.07, 6.45) is 5.16. The zero-order valence-electron chi connectivity index (χ0n) is 17.4. The van der Waals surface area contributed by atoms with Gasteiger partial charge in [0.2, 0.25) is 0 Å². The molecule has 0 saturated heterocycles. The Hall–Kier alpha value is -3.18. The molecule has 0 radical (unpaired) electrons. The fourth-order valence-electron chi connectivity index (χ4n) is 2.94. The summed E-state index contributed by atoms with van der Waals surface area (Å²) in [5.41, 5.74) is 5.71. The van der Waals surface area contributed by atoms with E-state index in [-0.39, 0.29) is 6.61 Å². The highest BCUT2D eigenvalue weighted by atomic mass is 16.2. The number of azo groups is 2. The summed E-state index contributed by atoms with van der Waals surface area (Å²) < 4.78 is 0.